The van der Waals surface area contributed by atoms with Gasteiger partial charge >= 0.3 is 18.9 Å². The number of hydrogen-bond acceptors (Lipinski definition) is 5. The number of hydrogen-bond donors (Lipinski definition) is 0. The van der Waals surface area contributed by atoms with Gasteiger partial charge in [-0.25, -0.2) is 4.98 Å². The fourth-order valence-electron chi connectivity index (χ4n) is 0.380. The largest absolute Gasteiger partial charge is 1.00 e. The van der Waals surface area contributed by atoms with Crippen LogP contribution in [0.1, 0.15) is 15.6 Å². The summed E-state index contributed by atoms with van der Waals surface area (Å²) in [6.07, 6.45) is 0. The summed E-state index contributed by atoms with van der Waals surface area (Å²) in [4.78, 5) is 13.6. The summed E-state index contributed by atoms with van der Waals surface area (Å²) in [5.74, 6) is -0.792. The zero-order valence-corrected chi connectivity index (χ0v) is 6.44. The van der Waals surface area contributed by atoms with Crippen LogP contribution in [0.3, 0.4) is 0 Å². The second kappa shape index (κ2) is 3.71. The number of carboxylic acid groups (broad SMARTS) is 1. The van der Waals surface area contributed by atoms with Crippen molar-refractivity contribution in [3.63, 3.8) is 0 Å². The number of nitrogens with zero attached hydrogens (tertiary/aromatic N) is 2. The summed E-state index contributed by atoms with van der Waals surface area (Å²) in [5, 5.41) is 9.95. The first-order valence-corrected chi connectivity index (χ1v) is 2.99. The van der Waals surface area contributed by atoms with Crippen molar-refractivity contribution in [3.05, 3.63) is 10.8 Å². The molecule has 6 heteroatoms. The van der Waals surface area contributed by atoms with Crippen LogP contribution in [-0.4, -0.2) is 15.3 Å². The van der Waals surface area contributed by atoms with E-state index in [0.29, 0.717) is 5.82 Å². The quantitative estimate of drug-likeness (QED) is 0.385. The SMILES string of the molecule is Cc1nsc(C(=O)[O-])n1.[Li+]. The minimum Gasteiger partial charge on any atom is -0.542 e. The van der Waals surface area contributed by atoms with E-state index in [-0.39, 0.29) is 23.9 Å². The molecular weight excluding hydrogens is 147 g/mol. The van der Waals surface area contributed by atoms with Gasteiger partial charge in [0.25, 0.3) is 0 Å². The molecular formula is C4H3LiN2O2S. The second-order valence-corrected chi connectivity index (χ2v) is 2.19. The molecule has 1 rings (SSSR count). The molecule has 0 spiro atoms. The zero-order chi connectivity index (χ0) is 6.85. The third-order valence-corrected chi connectivity index (χ3v) is 1.49. The Morgan fingerprint density at radius 1 is 1.70 bits per heavy atom. The van der Waals surface area contributed by atoms with Crippen LogP contribution in [0.5, 0.6) is 0 Å². The predicted molar refractivity (Wildman–Crippen MR) is 29.0 cm³/mol. The Morgan fingerprint density at radius 3 is 2.50 bits per heavy atom. The Balaban J connectivity index is 0.000000810. The minimum atomic E-state index is -1.26. The zero-order valence-electron chi connectivity index (χ0n) is 5.62. The van der Waals surface area contributed by atoms with E-state index in [1.165, 1.54) is 0 Å². The summed E-state index contributed by atoms with van der Waals surface area (Å²) in [6.45, 7) is 1.63. The number of rotatable bonds is 1. The van der Waals surface area contributed by atoms with Gasteiger partial charge in [0, 0.05) is 0 Å². The van der Waals surface area contributed by atoms with E-state index in [2.05, 4.69) is 9.36 Å². The average molecular weight is 150 g/mol. The average Bonchev–Trinajstić information content (AvgIpc) is 2.14. The van der Waals surface area contributed by atoms with Crippen LogP contribution in [0.2, 0.25) is 0 Å². The molecule has 1 heterocycles. The van der Waals surface area contributed by atoms with Crippen LogP contribution in [0.25, 0.3) is 0 Å². The van der Waals surface area contributed by atoms with Crippen molar-refractivity contribution in [1.82, 2.24) is 9.36 Å². The molecule has 0 saturated carbocycles. The molecule has 0 aliphatic heterocycles. The maximum Gasteiger partial charge on any atom is 1.00 e. The van der Waals surface area contributed by atoms with Gasteiger partial charge < -0.3 is 9.90 Å². The standard InChI is InChI=1S/C4H4N2O2S.Li/c1-2-5-3(4(7)8)9-6-2;/h1H3,(H,7,8);/q;+1/p-1. The van der Waals surface area contributed by atoms with Crippen LogP contribution in [0.15, 0.2) is 0 Å². The van der Waals surface area contributed by atoms with Gasteiger partial charge in [-0.15, -0.1) is 0 Å². The summed E-state index contributed by atoms with van der Waals surface area (Å²) in [5.41, 5.74) is 0. The van der Waals surface area contributed by atoms with Crippen molar-refractivity contribution < 1.29 is 28.8 Å². The summed E-state index contributed by atoms with van der Waals surface area (Å²) in [7, 11) is 0. The molecule has 0 atom stereocenters. The van der Waals surface area contributed by atoms with E-state index < -0.39 is 5.97 Å². The van der Waals surface area contributed by atoms with Gasteiger partial charge in [0.15, 0.2) is 5.01 Å². The van der Waals surface area contributed by atoms with Gasteiger partial charge in [0.2, 0.25) is 0 Å². The molecule has 1 aromatic heterocycles. The van der Waals surface area contributed by atoms with Crippen LogP contribution < -0.4 is 24.0 Å². The second-order valence-electron chi connectivity index (χ2n) is 1.43. The molecule has 1 aromatic rings. The van der Waals surface area contributed by atoms with Gasteiger partial charge in [0.05, 0.1) is 0 Å². The first kappa shape index (κ1) is 9.63. The number of aryl methyl sites for hydroxylation is 1. The van der Waals surface area contributed by atoms with Crippen molar-refractivity contribution in [1.29, 1.82) is 0 Å². The fourth-order valence-corrected chi connectivity index (χ4v) is 0.887. The molecule has 0 aliphatic carbocycles. The number of carbonyl (C=O) groups is 1. The van der Waals surface area contributed by atoms with E-state index in [1.807, 2.05) is 0 Å². The molecule has 0 saturated heterocycles. The molecule has 0 N–H and O–H groups in total. The molecule has 0 aromatic carbocycles. The van der Waals surface area contributed by atoms with Crippen molar-refractivity contribution in [2.75, 3.05) is 0 Å². The van der Waals surface area contributed by atoms with Gasteiger partial charge in [-0.3, -0.25) is 0 Å². The van der Waals surface area contributed by atoms with E-state index in [0.717, 1.165) is 11.5 Å². The van der Waals surface area contributed by atoms with Crippen molar-refractivity contribution in [2.45, 2.75) is 6.92 Å². The Labute approximate surface area is 73.6 Å². The molecule has 0 unspecified atom stereocenters. The van der Waals surface area contributed by atoms with Crippen molar-refractivity contribution in [2.24, 2.45) is 0 Å². The van der Waals surface area contributed by atoms with E-state index in [1.54, 1.807) is 6.92 Å². The maximum atomic E-state index is 10.0. The maximum absolute atomic E-state index is 10.0. The molecule has 4 nitrogen and oxygen atoms in total. The number of carboxylic acids is 1. The van der Waals surface area contributed by atoms with E-state index in [9.17, 15) is 9.90 Å². The third-order valence-electron chi connectivity index (χ3n) is 0.702. The number of aromatic nitrogens is 2. The first-order valence-electron chi connectivity index (χ1n) is 2.22. The Hall–Kier alpha value is -0.373. The number of carbonyl (C=O) groups excluding carboxylic acids is 1. The normalized spacial score (nSPS) is 8.50. The van der Waals surface area contributed by atoms with Crippen LogP contribution in [-0.2, 0) is 0 Å². The molecule has 0 amide bonds. The smallest absolute Gasteiger partial charge is 0.542 e. The number of aromatic carboxylic acids is 1. The predicted octanol–water partition coefficient (Wildman–Crippen LogP) is -3.79. The van der Waals surface area contributed by atoms with E-state index in [4.69, 9.17) is 0 Å². The molecule has 10 heavy (non-hydrogen) atoms. The Bertz CT molecular complexity index is 237. The monoisotopic (exact) mass is 150 g/mol. The Kier molecular flexibility index (Phi) is 3.57. The third kappa shape index (κ3) is 2.10. The van der Waals surface area contributed by atoms with Crippen LogP contribution >= 0.6 is 11.5 Å². The van der Waals surface area contributed by atoms with Crippen LogP contribution in [0.4, 0.5) is 0 Å². The summed E-state index contributed by atoms with van der Waals surface area (Å²) < 4.78 is 3.65. The van der Waals surface area contributed by atoms with Crippen LogP contribution in [0, 0.1) is 6.92 Å². The van der Waals surface area contributed by atoms with E-state index >= 15 is 0 Å². The summed E-state index contributed by atoms with van der Waals surface area (Å²) >= 11 is 0.834. The molecule has 0 bridgehead atoms. The van der Waals surface area contributed by atoms with Gasteiger partial charge in [-0.1, -0.05) is 0 Å². The van der Waals surface area contributed by atoms with Gasteiger partial charge in [-0.2, -0.15) is 4.37 Å². The summed E-state index contributed by atoms with van der Waals surface area (Å²) in [6, 6.07) is 0. The van der Waals surface area contributed by atoms with Crippen molar-refractivity contribution in [3.8, 4) is 0 Å². The minimum absolute atomic E-state index is 0. The first-order chi connectivity index (χ1) is 4.20. The topological polar surface area (TPSA) is 65.9 Å². The van der Waals surface area contributed by atoms with Gasteiger partial charge in [0.1, 0.15) is 11.8 Å². The molecule has 48 valence electrons. The molecule has 0 fully saturated rings. The fraction of sp³-hybridized carbons (Fsp3) is 0.250. The van der Waals surface area contributed by atoms with Crippen molar-refractivity contribution >= 4 is 17.5 Å². The van der Waals surface area contributed by atoms with Gasteiger partial charge in [-0.05, 0) is 18.5 Å². The Morgan fingerprint density at radius 2 is 2.30 bits per heavy atom. The molecule has 0 radical (unpaired) electrons. The molecule has 0 aliphatic rings.